The van der Waals surface area contributed by atoms with Gasteiger partial charge in [-0.25, -0.2) is 4.98 Å². The fraction of sp³-hybridized carbons (Fsp3) is 0.526. The van der Waals surface area contributed by atoms with Crippen molar-refractivity contribution in [3.05, 3.63) is 28.8 Å². The van der Waals surface area contributed by atoms with E-state index >= 15 is 0 Å². The van der Waals surface area contributed by atoms with E-state index in [1.54, 1.807) is 11.3 Å². The van der Waals surface area contributed by atoms with E-state index in [9.17, 15) is 9.59 Å². The van der Waals surface area contributed by atoms with Crippen LogP contribution in [0.15, 0.2) is 18.2 Å². The minimum Gasteiger partial charge on any atom is -0.368 e. The molecule has 136 valence electrons. The lowest BCUT2D eigenvalue weighted by Crippen LogP contribution is -2.48. The van der Waals surface area contributed by atoms with Gasteiger partial charge in [-0.2, -0.15) is 0 Å². The van der Waals surface area contributed by atoms with E-state index in [4.69, 9.17) is 5.73 Å². The van der Waals surface area contributed by atoms with E-state index in [-0.39, 0.29) is 11.8 Å². The summed E-state index contributed by atoms with van der Waals surface area (Å²) in [4.78, 5) is 28.3. The van der Waals surface area contributed by atoms with Crippen LogP contribution in [0.4, 0.5) is 0 Å². The summed E-state index contributed by atoms with van der Waals surface area (Å²) in [5.41, 5.74) is 7.66. The first kappa shape index (κ1) is 19.4. The van der Waals surface area contributed by atoms with Gasteiger partial charge in [-0.3, -0.25) is 9.59 Å². The maximum Gasteiger partial charge on any atom is 0.240 e. The number of nitrogens with two attached hydrogens (primary N) is 1. The largest absolute Gasteiger partial charge is 0.368 e. The van der Waals surface area contributed by atoms with Crippen molar-refractivity contribution in [3.63, 3.8) is 0 Å². The van der Waals surface area contributed by atoms with Crippen molar-refractivity contribution < 1.29 is 9.59 Å². The average molecular weight is 362 g/mol. The van der Waals surface area contributed by atoms with Crippen molar-refractivity contribution in [1.82, 2.24) is 10.3 Å². The van der Waals surface area contributed by atoms with Gasteiger partial charge in [0.1, 0.15) is 6.04 Å². The highest BCUT2D eigenvalue weighted by Gasteiger charge is 2.23. The fourth-order valence-electron chi connectivity index (χ4n) is 2.65. The van der Waals surface area contributed by atoms with Gasteiger partial charge in [-0.15, -0.1) is 11.3 Å². The number of primary amides is 1. The molecule has 0 fully saturated rings. The molecule has 0 saturated heterocycles. The van der Waals surface area contributed by atoms with Gasteiger partial charge in [0.25, 0.3) is 0 Å². The highest BCUT2D eigenvalue weighted by molar-refractivity contribution is 7.18. The van der Waals surface area contributed by atoms with Crippen molar-refractivity contribution in [2.75, 3.05) is 0 Å². The van der Waals surface area contributed by atoms with E-state index in [2.05, 4.69) is 36.3 Å². The number of carbonyl (C=O) groups excluding carboxylic acids is 2. The molecule has 0 bridgehead atoms. The Labute approximate surface area is 153 Å². The smallest absolute Gasteiger partial charge is 0.240 e. The number of rotatable bonds is 8. The average Bonchev–Trinajstić information content (AvgIpc) is 2.98. The Kier molecular flexibility index (Phi) is 6.53. The van der Waals surface area contributed by atoms with Crippen molar-refractivity contribution in [3.8, 4) is 0 Å². The molecule has 1 aromatic carbocycles. The predicted octanol–water partition coefficient (Wildman–Crippen LogP) is 3.37. The van der Waals surface area contributed by atoms with Gasteiger partial charge in [-0.1, -0.05) is 40.2 Å². The number of benzene rings is 1. The van der Waals surface area contributed by atoms with Crippen LogP contribution in [0.1, 0.15) is 57.0 Å². The van der Waals surface area contributed by atoms with Crippen molar-refractivity contribution in [2.24, 2.45) is 11.7 Å². The zero-order valence-electron chi connectivity index (χ0n) is 15.3. The number of thiazole rings is 1. The quantitative estimate of drug-likeness (QED) is 0.756. The first-order valence-electron chi connectivity index (χ1n) is 8.79. The molecule has 1 heterocycles. The standard InChI is InChI=1S/C19H27N3O2S/c1-5-12(4)18(19(20)24)22-16(23)8-9-17-21-14-7-6-13(11(2)3)10-15(14)25-17/h6-7,10-12,18H,5,8-9H2,1-4H3,(H2,20,24)(H,22,23). The summed E-state index contributed by atoms with van der Waals surface area (Å²) in [5, 5.41) is 3.69. The summed E-state index contributed by atoms with van der Waals surface area (Å²) in [6.07, 6.45) is 1.65. The summed E-state index contributed by atoms with van der Waals surface area (Å²) in [5.74, 6) is -0.138. The molecule has 0 radical (unpaired) electrons. The topological polar surface area (TPSA) is 85.1 Å². The van der Waals surface area contributed by atoms with Gasteiger partial charge in [0, 0.05) is 12.8 Å². The number of hydrogen-bond donors (Lipinski definition) is 2. The van der Waals surface area contributed by atoms with Crippen LogP contribution < -0.4 is 11.1 Å². The summed E-state index contributed by atoms with van der Waals surface area (Å²) in [6, 6.07) is 5.71. The molecule has 2 aromatic rings. The van der Waals surface area contributed by atoms with Crippen LogP contribution in [0.2, 0.25) is 0 Å². The Morgan fingerprint density at radius 2 is 2.00 bits per heavy atom. The third-order valence-electron chi connectivity index (χ3n) is 4.53. The molecule has 2 amide bonds. The molecule has 1 aromatic heterocycles. The molecule has 6 heteroatoms. The molecule has 0 aliphatic carbocycles. The Morgan fingerprint density at radius 1 is 1.28 bits per heavy atom. The summed E-state index contributed by atoms with van der Waals surface area (Å²) in [6.45, 7) is 8.22. The molecule has 0 saturated carbocycles. The number of nitrogens with zero attached hydrogens (tertiary/aromatic N) is 1. The van der Waals surface area contributed by atoms with Gasteiger partial charge < -0.3 is 11.1 Å². The first-order valence-corrected chi connectivity index (χ1v) is 9.61. The number of fused-ring (bicyclic) bond motifs is 1. The molecular weight excluding hydrogens is 334 g/mol. The van der Waals surface area contributed by atoms with Crippen LogP contribution in [0.3, 0.4) is 0 Å². The summed E-state index contributed by atoms with van der Waals surface area (Å²) < 4.78 is 1.15. The van der Waals surface area contributed by atoms with Crippen LogP contribution >= 0.6 is 11.3 Å². The Balaban J connectivity index is 1.99. The maximum atomic E-state index is 12.2. The zero-order chi connectivity index (χ0) is 18.6. The van der Waals surface area contributed by atoms with Gasteiger partial charge in [-0.05, 0) is 29.5 Å². The van der Waals surface area contributed by atoms with E-state index in [1.165, 1.54) is 5.56 Å². The van der Waals surface area contributed by atoms with Crippen LogP contribution in [0, 0.1) is 5.92 Å². The number of aryl methyl sites for hydroxylation is 1. The summed E-state index contributed by atoms with van der Waals surface area (Å²) >= 11 is 1.62. The zero-order valence-corrected chi connectivity index (χ0v) is 16.2. The minimum absolute atomic E-state index is 0.0263. The van der Waals surface area contributed by atoms with Gasteiger partial charge >= 0.3 is 0 Å². The lowest BCUT2D eigenvalue weighted by atomic mass is 9.98. The van der Waals surface area contributed by atoms with Crippen LogP contribution in [-0.4, -0.2) is 22.8 Å². The molecule has 2 rings (SSSR count). The molecule has 2 unspecified atom stereocenters. The predicted molar refractivity (Wildman–Crippen MR) is 103 cm³/mol. The molecule has 0 aliphatic rings. The van der Waals surface area contributed by atoms with Gasteiger partial charge in [0.05, 0.1) is 15.2 Å². The Morgan fingerprint density at radius 3 is 2.60 bits per heavy atom. The molecular formula is C19H27N3O2S. The third-order valence-corrected chi connectivity index (χ3v) is 5.60. The van der Waals surface area contributed by atoms with Gasteiger partial charge in [0.15, 0.2) is 0 Å². The minimum atomic E-state index is -0.610. The SMILES string of the molecule is CCC(C)C(NC(=O)CCc1nc2ccc(C(C)C)cc2s1)C(N)=O. The first-order chi connectivity index (χ1) is 11.8. The Bertz CT molecular complexity index is 754. The van der Waals surface area contributed by atoms with Crippen molar-refractivity contribution >= 4 is 33.4 Å². The van der Waals surface area contributed by atoms with E-state index in [1.807, 2.05) is 19.9 Å². The fourth-order valence-corrected chi connectivity index (χ4v) is 3.67. The normalized spacial score (nSPS) is 13.8. The number of aromatic nitrogens is 1. The molecule has 0 aliphatic heterocycles. The lowest BCUT2D eigenvalue weighted by molar-refractivity contribution is -0.128. The van der Waals surface area contributed by atoms with E-state index in [0.29, 0.717) is 18.8 Å². The number of hydrogen-bond acceptors (Lipinski definition) is 4. The molecule has 5 nitrogen and oxygen atoms in total. The van der Waals surface area contributed by atoms with Crippen LogP contribution in [0.5, 0.6) is 0 Å². The molecule has 0 spiro atoms. The maximum absolute atomic E-state index is 12.2. The van der Waals surface area contributed by atoms with E-state index < -0.39 is 11.9 Å². The summed E-state index contributed by atoms with van der Waals surface area (Å²) in [7, 11) is 0. The molecule has 3 N–H and O–H groups in total. The molecule has 25 heavy (non-hydrogen) atoms. The second-order valence-corrected chi connectivity index (χ2v) is 7.94. The number of nitrogens with one attached hydrogen (secondary N) is 1. The second kappa shape index (κ2) is 8.43. The van der Waals surface area contributed by atoms with Crippen molar-refractivity contribution in [1.29, 1.82) is 0 Å². The van der Waals surface area contributed by atoms with Gasteiger partial charge in [0.2, 0.25) is 11.8 Å². The van der Waals surface area contributed by atoms with Crippen LogP contribution in [0.25, 0.3) is 10.2 Å². The van der Waals surface area contributed by atoms with E-state index in [0.717, 1.165) is 21.6 Å². The lowest BCUT2D eigenvalue weighted by Gasteiger charge is -2.20. The van der Waals surface area contributed by atoms with Crippen molar-refractivity contribution in [2.45, 2.75) is 58.9 Å². The number of amides is 2. The monoisotopic (exact) mass is 361 g/mol. The Hall–Kier alpha value is -1.95. The second-order valence-electron chi connectivity index (χ2n) is 6.82. The number of carbonyl (C=O) groups is 2. The highest BCUT2D eigenvalue weighted by Crippen LogP contribution is 2.26. The highest BCUT2D eigenvalue weighted by atomic mass is 32.1. The molecule has 2 atom stereocenters. The van der Waals surface area contributed by atoms with Crippen LogP contribution in [-0.2, 0) is 16.0 Å². The third kappa shape index (κ3) is 5.01.